The van der Waals surface area contributed by atoms with E-state index in [1.165, 1.54) is 4.90 Å². The van der Waals surface area contributed by atoms with Gasteiger partial charge in [0.05, 0.1) is 0 Å². The minimum atomic E-state index is -0.879. The predicted molar refractivity (Wildman–Crippen MR) is 49.6 cm³/mol. The van der Waals surface area contributed by atoms with Gasteiger partial charge in [-0.3, -0.25) is 4.79 Å². The van der Waals surface area contributed by atoms with Gasteiger partial charge in [-0.1, -0.05) is 6.58 Å². The van der Waals surface area contributed by atoms with E-state index >= 15 is 0 Å². The molecule has 0 bridgehead atoms. The van der Waals surface area contributed by atoms with Gasteiger partial charge in [-0.05, 0) is 25.7 Å². The summed E-state index contributed by atoms with van der Waals surface area (Å²) in [6.07, 6.45) is 1.42. The summed E-state index contributed by atoms with van der Waals surface area (Å²) in [5.74, 6) is -0.912. The fraction of sp³-hybridized carbons (Fsp3) is 0.600. The number of piperidine rings is 1. The molecule has 2 fully saturated rings. The van der Waals surface area contributed by atoms with E-state index in [2.05, 4.69) is 6.58 Å². The summed E-state index contributed by atoms with van der Waals surface area (Å²) < 4.78 is 0. The van der Waals surface area contributed by atoms with Crippen LogP contribution in [-0.4, -0.2) is 34.0 Å². The van der Waals surface area contributed by atoms with Crippen LogP contribution in [0.5, 0.6) is 0 Å². The van der Waals surface area contributed by atoms with Crippen molar-refractivity contribution in [3.05, 3.63) is 12.2 Å². The molecular formula is C10H13NO3. The number of carbonyl (C=O) groups is 2. The van der Waals surface area contributed by atoms with Crippen LogP contribution < -0.4 is 0 Å². The maximum absolute atomic E-state index is 11.7. The lowest BCUT2D eigenvalue weighted by molar-refractivity contribution is -0.149. The lowest BCUT2D eigenvalue weighted by atomic mass is 10.2. The molecule has 1 aliphatic heterocycles. The number of carboxylic acid groups (broad SMARTS) is 1. The highest BCUT2D eigenvalue weighted by Gasteiger charge is 2.68. The molecule has 0 spiro atoms. The molecule has 1 saturated heterocycles. The summed E-state index contributed by atoms with van der Waals surface area (Å²) in [7, 11) is 0. The molecule has 14 heavy (non-hydrogen) atoms. The van der Waals surface area contributed by atoms with E-state index in [0.29, 0.717) is 18.5 Å². The Morgan fingerprint density at radius 1 is 1.57 bits per heavy atom. The van der Waals surface area contributed by atoms with Crippen LogP contribution in [0.15, 0.2) is 12.2 Å². The predicted octanol–water partition coefficient (Wildman–Crippen LogP) is 0.638. The molecular weight excluding hydrogens is 182 g/mol. The third kappa shape index (κ3) is 0.937. The molecule has 1 aliphatic carbocycles. The molecule has 0 aromatic heterocycles. The van der Waals surface area contributed by atoms with Crippen molar-refractivity contribution >= 4 is 11.9 Å². The Kier molecular flexibility index (Phi) is 1.71. The number of amides is 1. The molecule has 2 unspecified atom stereocenters. The van der Waals surface area contributed by atoms with Crippen LogP contribution in [-0.2, 0) is 9.59 Å². The average Bonchev–Trinajstić information content (AvgIpc) is 2.73. The minimum Gasteiger partial charge on any atom is -0.479 e. The highest BCUT2D eigenvalue weighted by Crippen LogP contribution is 2.56. The van der Waals surface area contributed by atoms with Crippen LogP contribution in [0.2, 0.25) is 0 Å². The molecule has 0 radical (unpaired) electrons. The fourth-order valence-corrected chi connectivity index (χ4v) is 2.36. The van der Waals surface area contributed by atoms with Crippen molar-refractivity contribution in [3.8, 4) is 0 Å². The third-order valence-corrected chi connectivity index (χ3v) is 3.24. The summed E-state index contributed by atoms with van der Waals surface area (Å²) in [5, 5.41) is 9.09. The molecule has 1 heterocycles. The maximum atomic E-state index is 11.7. The Balaban J connectivity index is 2.25. The van der Waals surface area contributed by atoms with E-state index in [1.807, 2.05) is 0 Å². The zero-order valence-electron chi connectivity index (χ0n) is 8.12. The monoisotopic (exact) mass is 195 g/mol. The van der Waals surface area contributed by atoms with Crippen molar-refractivity contribution in [2.45, 2.75) is 25.3 Å². The summed E-state index contributed by atoms with van der Waals surface area (Å²) in [6.45, 7) is 5.74. The standard InChI is InChI=1S/C10H13NO3/c1-6(2)8(12)11-4-3-7-5-10(7,11)9(13)14/h7H,1,3-5H2,2H3,(H,13,14). The first-order valence-corrected chi connectivity index (χ1v) is 4.71. The maximum Gasteiger partial charge on any atom is 0.329 e. The molecule has 1 saturated carbocycles. The lowest BCUT2D eigenvalue weighted by Crippen LogP contribution is -2.45. The number of nitrogens with zero attached hydrogens (tertiary/aromatic N) is 1. The Labute approximate surface area is 82.2 Å². The summed E-state index contributed by atoms with van der Waals surface area (Å²) in [4.78, 5) is 24.2. The Hall–Kier alpha value is -1.32. The van der Waals surface area contributed by atoms with E-state index < -0.39 is 11.5 Å². The van der Waals surface area contributed by atoms with Gasteiger partial charge in [0.25, 0.3) is 0 Å². The SMILES string of the molecule is C=C(C)C(=O)N1CCC2CC21C(=O)O. The van der Waals surface area contributed by atoms with E-state index in [9.17, 15) is 9.59 Å². The fourth-order valence-electron chi connectivity index (χ4n) is 2.36. The molecule has 2 rings (SSSR count). The van der Waals surface area contributed by atoms with E-state index in [0.717, 1.165) is 6.42 Å². The number of carbonyl (C=O) groups excluding carboxylic acids is 1. The highest BCUT2D eigenvalue weighted by molar-refractivity contribution is 5.98. The number of aliphatic carboxylic acids is 1. The Morgan fingerprint density at radius 3 is 2.64 bits per heavy atom. The summed E-state index contributed by atoms with van der Waals surface area (Å²) >= 11 is 0. The van der Waals surface area contributed by atoms with Gasteiger partial charge in [-0.25, -0.2) is 4.79 Å². The lowest BCUT2D eigenvalue weighted by Gasteiger charge is -2.25. The largest absolute Gasteiger partial charge is 0.479 e. The van der Waals surface area contributed by atoms with Crippen molar-refractivity contribution in [1.82, 2.24) is 4.90 Å². The van der Waals surface area contributed by atoms with Crippen LogP contribution in [0.25, 0.3) is 0 Å². The van der Waals surface area contributed by atoms with E-state index in [4.69, 9.17) is 5.11 Å². The Bertz CT molecular complexity index is 336. The second-order valence-corrected chi connectivity index (χ2v) is 4.16. The zero-order chi connectivity index (χ0) is 10.5. The highest BCUT2D eigenvalue weighted by atomic mass is 16.4. The molecule has 76 valence electrons. The van der Waals surface area contributed by atoms with Gasteiger partial charge in [0, 0.05) is 12.1 Å². The zero-order valence-corrected chi connectivity index (χ0v) is 8.12. The Morgan fingerprint density at radius 2 is 2.21 bits per heavy atom. The van der Waals surface area contributed by atoms with Gasteiger partial charge in [-0.15, -0.1) is 0 Å². The number of fused-ring (bicyclic) bond motifs is 1. The van der Waals surface area contributed by atoms with Crippen LogP contribution in [0.4, 0.5) is 0 Å². The molecule has 4 heteroatoms. The van der Waals surface area contributed by atoms with Crippen LogP contribution in [0.3, 0.4) is 0 Å². The van der Waals surface area contributed by atoms with Crippen molar-refractivity contribution < 1.29 is 14.7 Å². The second kappa shape index (κ2) is 2.59. The average molecular weight is 195 g/mol. The van der Waals surface area contributed by atoms with Crippen molar-refractivity contribution in [2.24, 2.45) is 5.92 Å². The van der Waals surface area contributed by atoms with Crippen molar-refractivity contribution in [1.29, 1.82) is 0 Å². The van der Waals surface area contributed by atoms with Gasteiger partial charge >= 0.3 is 5.97 Å². The van der Waals surface area contributed by atoms with Crippen LogP contribution in [0.1, 0.15) is 19.8 Å². The number of hydrogen-bond donors (Lipinski definition) is 1. The van der Waals surface area contributed by atoms with Gasteiger partial charge in [0.2, 0.25) is 5.91 Å². The number of hydrogen-bond acceptors (Lipinski definition) is 2. The van der Waals surface area contributed by atoms with Gasteiger partial charge < -0.3 is 10.0 Å². The van der Waals surface area contributed by atoms with Gasteiger partial charge in [0.1, 0.15) is 5.54 Å². The first-order chi connectivity index (χ1) is 6.50. The van der Waals surface area contributed by atoms with Crippen LogP contribution >= 0.6 is 0 Å². The van der Waals surface area contributed by atoms with Crippen molar-refractivity contribution in [3.63, 3.8) is 0 Å². The summed E-state index contributed by atoms with van der Waals surface area (Å²) in [5.41, 5.74) is -0.464. The first-order valence-electron chi connectivity index (χ1n) is 4.71. The second-order valence-electron chi connectivity index (χ2n) is 4.16. The third-order valence-electron chi connectivity index (χ3n) is 3.24. The minimum absolute atomic E-state index is 0.170. The van der Waals surface area contributed by atoms with Gasteiger partial charge in [-0.2, -0.15) is 0 Å². The molecule has 1 N–H and O–H groups in total. The molecule has 2 aliphatic rings. The number of likely N-dealkylation sites (tertiary alicyclic amines) is 1. The molecule has 2 atom stereocenters. The molecule has 0 aromatic carbocycles. The topological polar surface area (TPSA) is 57.6 Å². The summed E-state index contributed by atoms with van der Waals surface area (Å²) in [6, 6.07) is 0. The van der Waals surface area contributed by atoms with Crippen molar-refractivity contribution in [2.75, 3.05) is 6.54 Å². The van der Waals surface area contributed by atoms with E-state index in [1.54, 1.807) is 6.92 Å². The number of carboxylic acids is 1. The van der Waals surface area contributed by atoms with Crippen LogP contribution in [0, 0.1) is 5.92 Å². The molecule has 4 nitrogen and oxygen atoms in total. The molecule has 0 aromatic rings. The van der Waals surface area contributed by atoms with Gasteiger partial charge in [0.15, 0.2) is 0 Å². The molecule has 1 amide bonds. The number of rotatable bonds is 2. The quantitative estimate of drug-likeness (QED) is 0.658. The van der Waals surface area contributed by atoms with E-state index in [-0.39, 0.29) is 11.8 Å². The smallest absolute Gasteiger partial charge is 0.329 e. The normalized spacial score (nSPS) is 33.8. The first kappa shape index (κ1) is 9.24.